The van der Waals surface area contributed by atoms with Crippen LogP contribution in [0, 0.1) is 5.92 Å². The molecule has 0 aromatic carbocycles. The Morgan fingerprint density at radius 3 is 2.20 bits per heavy atom. The second kappa shape index (κ2) is 6.67. The van der Waals surface area contributed by atoms with Gasteiger partial charge < -0.3 is 15.7 Å². The fraction of sp³-hybridized carbons (Fsp3) is 0.909. The highest BCUT2D eigenvalue weighted by Crippen LogP contribution is 2.12. The topological polar surface area (TPSA) is 61.4 Å². The predicted molar refractivity (Wildman–Crippen MR) is 61.8 cm³/mol. The highest BCUT2D eigenvalue weighted by Gasteiger charge is 2.22. The summed E-state index contributed by atoms with van der Waals surface area (Å²) in [6, 6.07) is -0.205. The first kappa shape index (κ1) is 14.2. The largest absolute Gasteiger partial charge is 0.388 e. The van der Waals surface area contributed by atoms with Crippen molar-refractivity contribution in [3.8, 4) is 0 Å². The van der Waals surface area contributed by atoms with Crippen molar-refractivity contribution in [3.05, 3.63) is 0 Å². The third kappa shape index (κ3) is 6.33. The highest BCUT2D eigenvalue weighted by atomic mass is 16.3. The minimum atomic E-state index is -0.769. The number of aliphatic hydroxyl groups is 1. The van der Waals surface area contributed by atoms with Crippen LogP contribution in [0.25, 0.3) is 0 Å². The van der Waals surface area contributed by atoms with Gasteiger partial charge in [-0.05, 0) is 18.8 Å². The minimum absolute atomic E-state index is 0.205. The number of carbonyl (C=O) groups excluding carboxylic acids is 1. The summed E-state index contributed by atoms with van der Waals surface area (Å²) in [6.07, 6.45) is 1.29. The number of urea groups is 1. The number of rotatable bonds is 6. The van der Waals surface area contributed by atoms with Crippen molar-refractivity contribution in [2.24, 2.45) is 5.92 Å². The van der Waals surface area contributed by atoms with E-state index in [4.69, 9.17) is 0 Å². The predicted octanol–water partition coefficient (Wildman–Crippen LogP) is 1.49. The number of hydrogen-bond acceptors (Lipinski definition) is 2. The Morgan fingerprint density at radius 2 is 1.80 bits per heavy atom. The van der Waals surface area contributed by atoms with Crippen LogP contribution in [0.1, 0.15) is 40.5 Å². The second-order valence-electron chi connectivity index (χ2n) is 4.39. The Hall–Kier alpha value is -0.770. The molecule has 0 aromatic rings. The lowest BCUT2D eigenvalue weighted by Crippen LogP contribution is -2.46. The molecule has 0 rings (SSSR count). The Morgan fingerprint density at radius 1 is 1.27 bits per heavy atom. The van der Waals surface area contributed by atoms with E-state index in [1.165, 1.54) is 0 Å². The lowest BCUT2D eigenvalue weighted by Gasteiger charge is -2.25. The number of amides is 2. The minimum Gasteiger partial charge on any atom is -0.388 e. The van der Waals surface area contributed by atoms with E-state index in [0.717, 1.165) is 0 Å². The van der Waals surface area contributed by atoms with Gasteiger partial charge in [0.25, 0.3) is 0 Å². The molecule has 0 saturated heterocycles. The van der Waals surface area contributed by atoms with Gasteiger partial charge in [0.05, 0.1) is 5.60 Å². The molecule has 0 radical (unpaired) electrons. The van der Waals surface area contributed by atoms with Gasteiger partial charge in [0.2, 0.25) is 0 Å². The standard InChI is InChI=1S/C11H24N2O2/c1-5-11(15,6-2)8-13-10(14)12-7-9(3)4/h9,15H,5-8H2,1-4H3,(H2,12,13,14). The van der Waals surface area contributed by atoms with E-state index in [-0.39, 0.29) is 6.03 Å². The molecule has 0 saturated carbocycles. The van der Waals surface area contributed by atoms with Crippen LogP contribution >= 0.6 is 0 Å². The van der Waals surface area contributed by atoms with Crippen molar-refractivity contribution in [2.45, 2.75) is 46.1 Å². The van der Waals surface area contributed by atoms with Gasteiger partial charge in [0.15, 0.2) is 0 Å². The third-order valence-corrected chi connectivity index (χ3v) is 2.57. The number of nitrogens with one attached hydrogen (secondary N) is 2. The second-order valence-corrected chi connectivity index (χ2v) is 4.39. The smallest absolute Gasteiger partial charge is 0.314 e. The molecule has 0 aliphatic rings. The zero-order valence-corrected chi connectivity index (χ0v) is 10.3. The highest BCUT2D eigenvalue weighted by molar-refractivity contribution is 5.73. The first-order valence-corrected chi connectivity index (χ1v) is 5.67. The van der Waals surface area contributed by atoms with Crippen molar-refractivity contribution in [1.82, 2.24) is 10.6 Å². The van der Waals surface area contributed by atoms with Gasteiger partial charge >= 0.3 is 6.03 Å². The SMILES string of the molecule is CCC(O)(CC)CNC(=O)NCC(C)C. The maximum Gasteiger partial charge on any atom is 0.314 e. The molecule has 0 bridgehead atoms. The van der Waals surface area contributed by atoms with Crippen LogP contribution in [0.5, 0.6) is 0 Å². The summed E-state index contributed by atoms with van der Waals surface area (Å²) >= 11 is 0. The van der Waals surface area contributed by atoms with E-state index in [1.54, 1.807) is 0 Å². The first-order chi connectivity index (χ1) is 6.93. The van der Waals surface area contributed by atoms with E-state index in [2.05, 4.69) is 10.6 Å². The van der Waals surface area contributed by atoms with E-state index in [1.807, 2.05) is 27.7 Å². The summed E-state index contributed by atoms with van der Waals surface area (Å²) < 4.78 is 0. The van der Waals surface area contributed by atoms with Crippen LogP contribution in [-0.4, -0.2) is 29.8 Å². The molecule has 4 heteroatoms. The molecule has 0 atom stereocenters. The first-order valence-electron chi connectivity index (χ1n) is 5.67. The Balaban J connectivity index is 3.79. The molecule has 90 valence electrons. The monoisotopic (exact) mass is 216 g/mol. The maximum absolute atomic E-state index is 11.3. The van der Waals surface area contributed by atoms with Crippen molar-refractivity contribution in [2.75, 3.05) is 13.1 Å². The van der Waals surface area contributed by atoms with Gasteiger partial charge in [-0.2, -0.15) is 0 Å². The quantitative estimate of drug-likeness (QED) is 0.630. The van der Waals surface area contributed by atoms with Gasteiger partial charge in [-0.25, -0.2) is 4.79 Å². The number of carbonyl (C=O) groups is 1. The summed E-state index contributed by atoms with van der Waals surface area (Å²) in [5.41, 5.74) is -0.769. The van der Waals surface area contributed by atoms with Gasteiger partial charge in [0.1, 0.15) is 0 Å². The fourth-order valence-electron chi connectivity index (χ4n) is 1.10. The maximum atomic E-state index is 11.3. The molecule has 0 heterocycles. The summed E-state index contributed by atoms with van der Waals surface area (Å²) in [5.74, 6) is 0.437. The van der Waals surface area contributed by atoms with Crippen LogP contribution in [0.2, 0.25) is 0 Å². The van der Waals surface area contributed by atoms with E-state index < -0.39 is 5.60 Å². The van der Waals surface area contributed by atoms with Crippen LogP contribution < -0.4 is 10.6 Å². The zero-order chi connectivity index (χ0) is 11.9. The summed E-state index contributed by atoms with van der Waals surface area (Å²) in [5, 5.41) is 15.3. The average molecular weight is 216 g/mol. The molecular weight excluding hydrogens is 192 g/mol. The Labute approximate surface area is 92.4 Å². The van der Waals surface area contributed by atoms with Crippen molar-refractivity contribution in [1.29, 1.82) is 0 Å². The zero-order valence-electron chi connectivity index (χ0n) is 10.3. The number of hydrogen-bond donors (Lipinski definition) is 3. The molecular formula is C11H24N2O2. The third-order valence-electron chi connectivity index (χ3n) is 2.57. The van der Waals surface area contributed by atoms with E-state index >= 15 is 0 Å². The summed E-state index contributed by atoms with van der Waals surface area (Å²) in [4.78, 5) is 11.3. The van der Waals surface area contributed by atoms with Crippen molar-refractivity contribution in [3.63, 3.8) is 0 Å². The lowest BCUT2D eigenvalue weighted by molar-refractivity contribution is 0.0349. The molecule has 15 heavy (non-hydrogen) atoms. The molecule has 0 fully saturated rings. The molecule has 0 aliphatic heterocycles. The summed E-state index contributed by atoms with van der Waals surface area (Å²) in [6.45, 7) is 8.87. The van der Waals surface area contributed by atoms with Gasteiger partial charge in [-0.15, -0.1) is 0 Å². The molecule has 4 nitrogen and oxygen atoms in total. The van der Waals surface area contributed by atoms with Gasteiger partial charge in [0, 0.05) is 13.1 Å². The van der Waals surface area contributed by atoms with Crippen LogP contribution in [0.4, 0.5) is 4.79 Å². The van der Waals surface area contributed by atoms with Crippen LogP contribution in [-0.2, 0) is 0 Å². The van der Waals surface area contributed by atoms with Crippen LogP contribution in [0.15, 0.2) is 0 Å². The van der Waals surface area contributed by atoms with Crippen LogP contribution in [0.3, 0.4) is 0 Å². The van der Waals surface area contributed by atoms with Crippen molar-refractivity contribution >= 4 is 6.03 Å². The average Bonchev–Trinajstić information content (AvgIpc) is 2.23. The van der Waals surface area contributed by atoms with Crippen molar-refractivity contribution < 1.29 is 9.90 Å². The Bertz CT molecular complexity index is 189. The Kier molecular flexibility index (Phi) is 6.32. The van der Waals surface area contributed by atoms with Gasteiger partial charge in [-0.3, -0.25) is 0 Å². The van der Waals surface area contributed by atoms with Gasteiger partial charge in [-0.1, -0.05) is 27.7 Å². The molecule has 0 spiro atoms. The fourth-order valence-corrected chi connectivity index (χ4v) is 1.10. The summed E-state index contributed by atoms with van der Waals surface area (Å²) in [7, 11) is 0. The van der Waals surface area contributed by atoms with E-state index in [0.29, 0.717) is 31.8 Å². The molecule has 0 unspecified atom stereocenters. The molecule has 0 aliphatic carbocycles. The normalized spacial score (nSPS) is 11.6. The molecule has 2 amide bonds. The lowest BCUT2D eigenvalue weighted by atomic mass is 9.98. The molecule has 0 aromatic heterocycles. The molecule has 3 N–H and O–H groups in total. The van der Waals surface area contributed by atoms with E-state index in [9.17, 15) is 9.90 Å².